The molecular weight excluding hydrogens is 376 g/mol. The van der Waals surface area contributed by atoms with Crippen LogP contribution in [0.4, 0.5) is 0 Å². The van der Waals surface area contributed by atoms with Crippen LogP contribution in [0.25, 0.3) is 0 Å². The average molecular weight is 404 g/mol. The average Bonchev–Trinajstić information content (AvgIpc) is 2.96. The van der Waals surface area contributed by atoms with Crippen molar-refractivity contribution in [3.63, 3.8) is 0 Å². The van der Waals surface area contributed by atoms with E-state index in [0.717, 1.165) is 5.57 Å². The van der Waals surface area contributed by atoms with Crippen molar-refractivity contribution in [3.8, 4) is 0 Å². The molecule has 158 valence electrons. The molecule has 1 fully saturated rings. The standard InChI is InChI=1S/C22H28O7/c1-5-13(2)21(25)28-18-9-16(11-23)7-6-8-17(12-27-15(4)24)10-19-20(18)14(3)22(26)29-19/h5,8-9,18-20,23H,3,6-7,10-12H2,1-2,4H3/b13-5+,16-9-,17-8-/t18-,19+,20+/m1/s1. The number of fused-ring (bicyclic) bond motifs is 1. The zero-order chi connectivity index (χ0) is 21.6. The molecule has 1 heterocycles. The fraction of sp³-hybridized carbons (Fsp3) is 0.500. The van der Waals surface area contributed by atoms with Gasteiger partial charge >= 0.3 is 17.9 Å². The summed E-state index contributed by atoms with van der Waals surface area (Å²) in [6.07, 6.45) is 5.31. The van der Waals surface area contributed by atoms with Gasteiger partial charge in [0.05, 0.1) is 12.5 Å². The third-order valence-electron chi connectivity index (χ3n) is 5.10. The van der Waals surface area contributed by atoms with Crippen LogP contribution in [0.1, 0.15) is 40.0 Å². The first-order valence-corrected chi connectivity index (χ1v) is 9.62. The van der Waals surface area contributed by atoms with Gasteiger partial charge in [0.25, 0.3) is 0 Å². The molecule has 3 atom stereocenters. The first kappa shape index (κ1) is 22.6. The Balaban J connectivity index is 2.40. The molecule has 0 spiro atoms. The summed E-state index contributed by atoms with van der Waals surface area (Å²) in [4.78, 5) is 35.8. The number of esters is 3. The topological polar surface area (TPSA) is 99.1 Å². The molecule has 1 N–H and O–H groups in total. The molecule has 1 aliphatic carbocycles. The summed E-state index contributed by atoms with van der Waals surface area (Å²) in [6.45, 7) is 8.42. The van der Waals surface area contributed by atoms with Gasteiger partial charge in [0.1, 0.15) is 18.8 Å². The number of allylic oxidation sites excluding steroid dienone is 2. The Hall–Kier alpha value is -2.67. The van der Waals surface area contributed by atoms with E-state index < -0.39 is 36.0 Å². The first-order valence-electron chi connectivity index (χ1n) is 9.62. The van der Waals surface area contributed by atoms with E-state index in [9.17, 15) is 19.5 Å². The minimum atomic E-state index is -0.809. The van der Waals surface area contributed by atoms with Crippen LogP contribution in [0, 0.1) is 5.92 Å². The lowest BCUT2D eigenvalue weighted by atomic mass is 9.85. The summed E-state index contributed by atoms with van der Waals surface area (Å²) in [5, 5.41) is 9.75. The smallest absolute Gasteiger partial charge is 0.334 e. The molecule has 0 aromatic rings. The third kappa shape index (κ3) is 5.90. The number of hydrogen-bond acceptors (Lipinski definition) is 7. The van der Waals surface area contributed by atoms with Gasteiger partial charge in [-0.3, -0.25) is 4.79 Å². The van der Waals surface area contributed by atoms with E-state index in [-0.39, 0.29) is 18.8 Å². The molecule has 0 bridgehead atoms. The maximum atomic E-state index is 12.4. The summed E-state index contributed by atoms with van der Waals surface area (Å²) < 4.78 is 16.3. The molecule has 0 aromatic carbocycles. The lowest BCUT2D eigenvalue weighted by Crippen LogP contribution is -2.33. The van der Waals surface area contributed by atoms with Crippen molar-refractivity contribution < 1.29 is 33.7 Å². The molecule has 0 unspecified atom stereocenters. The summed E-state index contributed by atoms with van der Waals surface area (Å²) >= 11 is 0. The van der Waals surface area contributed by atoms with Crippen molar-refractivity contribution in [1.29, 1.82) is 0 Å². The van der Waals surface area contributed by atoms with E-state index in [1.54, 1.807) is 26.0 Å². The van der Waals surface area contributed by atoms with Crippen molar-refractivity contribution in [2.45, 2.75) is 52.2 Å². The molecule has 0 saturated carbocycles. The summed E-state index contributed by atoms with van der Waals surface area (Å²) in [5.41, 5.74) is 2.12. The minimum Gasteiger partial charge on any atom is -0.461 e. The van der Waals surface area contributed by atoms with Gasteiger partial charge < -0.3 is 19.3 Å². The molecule has 2 aliphatic rings. The fourth-order valence-electron chi connectivity index (χ4n) is 3.33. The fourth-order valence-corrected chi connectivity index (χ4v) is 3.33. The molecule has 7 nitrogen and oxygen atoms in total. The molecule has 0 amide bonds. The van der Waals surface area contributed by atoms with Gasteiger partial charge in [-0.25, -0.2) is 9.59 Å². The molecule has 1 aliphatic heterocycles. The Kier molecular flexibility index (Phi) is 7.96. The number of carbonyl (C=O) groups excluding carboxylic acids is 3. The highest BCUT2D eigenvalue weighted by molar-refractivity contribution is 5.91. The molecule has 1 saturated heterocycles. The Labute approximate surface area is 170 Å². The number of aliphatic hydroxyl groups is 1. The van der Waals surface area contributed by atoms with E-state index in [1.165, 1.54) is 6.92 Å². The van der Waals surface area contributed by atoms with Crippen molar-refractivity contribution in [2.24, 2.45) is 5.92 Å². The highest BCUT2D eigenvalue weighted by atomic mass is 16.6. The molecule has 0 radical (unpaired) electrons. The van der Waals surface area contributed by atoms with Gasteiger partial charge in [-0.1, -0.05) is 18.7 Å². The monoisotopic (exact) mass is 404 g/mol. The van der Waals surface area contributed by atoms with Gasteiger partial charge in [-0.2, -0.15) is 0 Å². The second-order valence-electron chi connectivity index (χ2n) is 7.20. The SMILES string of the molecule is C=C1C(=O)O[C@H]2C/C(COC(C)=O)=C/CC/C(CO)=C/[C@@H](OC(=O)/C(C)=C/C)[C@H]12. The normalized spacial score (nSPS) is 29.0. The second kappa shape index (κ2) is 10.2. The van der Waals surface area contributed by atoms with Crippen LogP contribution in [0.2, 0.25) is 0 Å². The second-order valence-corrected chi connectivity index (χ2v) is 7.20. The van der Waals surface area contributed by atoms with Crippen LogP contribution in [-0.2, 0) is 28.6 Å². The van der Waals surface area contributed by atoms with Crippen molar-refractivity contribution >= 4 is 17.9 Å². The van der Waals surface area contributed by atoms with E-state index in [4.69, 9.17) is 14.2 Å². The highest BCUT2D eigenvalue weighted by Crippen LogP contribution is 2.36. The van der Waals surface area contributed by atoms with Crippen LogP contribution in [0.5, 0.6) is 0 Å². The molecule has 7 heteroatoms. The predicted octanol–water partition coefficient (Wildman–Crippen LogP) is 2.55. The van der Waals surface area contributed by atoms with Gasteiger partial charge in [0, 0.05) is 24.5 Å². The van der Waals surface area contributed by atoms with E-state index in [0.29, 0.717) is 30.4 Å². The number of hydrogen-bond donors (Lipinski definition) is 1. The maximum Gasteiger partial charge on any atom is 0.334 e. The van der Waals surface area contributed by atoms with Gasteiger partial charge in [-0.05, 0) is 43.9 Å². The van der Waals surface area contributed by atoms with Crippen LogP contribution < -0.4 is 0 Å². The Morgan fingerprint density at radius 1 is 1.34 bits per heavy atom. The number of rotatable bonds is 5. The molecule has 0 aromatic heterocycles. The maximum absolute atomic E-state index is 12.4. The molecule has 2 rings (SSSR count). The summed E-state index contributed by atoms with van der Waals surface area (Å²) in [6, 6.07) is 0. The zero-order valence-corrected chi connectivity index (χ0v) is 17.1. The first-order chi connectivity index (χ1) is 13.8. The largest absolute Gasteiger partial charge is 0.461 e. The Morgan fingerprint density at radius 2 is 2.07 bits per heavy atom. The van der Waals surface area contributed by atoms with Crippen LogP contribution in [0.15, 0.2) is 47.1 Å². The number of carbonyl (C=O) groups is 3. The Morgan fingerprint density at radius 3 is 2.69 bits per heavy atom. The van der Waals surface area contributed by atoms with Gasteiger partial charge in [0.2, 0.25) is 0 Å². The summed E-state index contributed by atoms with van der Waals surface area (Å²) in [7, 11) is 0. The quantitative estimate of drug-likeness (QED) is 0.325. The van der Waals surface area contributed by atoms with E-state index in [1.807, 2.05) is 6.08 Å². The van der Waals surface area contributed by atoms with Gasteiger partial charge in [-0.15, -0.1) is 0 Å². The van der Waals surface area contributed by atoms with Crippen LogP contribution >= 0.6 is 0 Å². The van der Waals surface area contributed by atoms with Crippen LogP contribution in [0.3, 0.4) is 0 Å². The summed E-state index contributed by atoms with van der Waals surface area (Å²) in [5.74, 6) is -2.06. The van der Waals surface area contributed by atoms with Crippen LogP contribution in [-0.4, -0.2) is 48.4 Å². The Bertz CT molecular complexity index is 772. The van der Waals surface area contributed by atoms with E-state index >= 15 is 0 Å². The van der Waals surface area contributed by atoms with Crippen molar-refractivity contribution in [2.75, 3.05) is 13.2 Å². The zero-order valence-electron chi connectivity index (χ0n) is 17.1. The predicted molar refractivity (Wildman–Crippen MR) is 106 cm³/mol. The molecule has 29 heavy (non-hydrogen) atoms. The third-order valence-corrected chi connectivity index (χ3v) is 5.10. The number of aliphatic hydroxyl groups excluding tert-OH is 1. The molecular formula is C22H28O7. The van der Waals surface area contributed by atoms with Crippen molar-refractivity contribution in [1.82, 2.24) is 0 Å². The number of ether oxygens (including phenoxy) is 3. The lowest BCUT2D eigenvalue weighted by molar-refractivity contribution is -0.146. The van der Waals surface area contributed by atoms with Crippen molar-refractivity contribution in [3.05, 3.63) is 47.1 Å². The highest BCUT2D eigenvalue weighted by Gasteiger charge is 2.45. The van der Waals surface area contributed by atoms with E-state index in [2.05, 4.69) is 6.58 Å². The van der Waals surface area contributed by atoms with Gasteiger partial charge in [0.15, 0.2) is 0 Å². The lowest BCUT2D eigenvalue weighted by Gasteiger charge is -2.27. The minimum absolute atomic E-state index is 0.0862.